The highest BCUT2D eigenvalue weighted by atomic mass is 32.2. The average molecular weight is 446 g/mol. The summed E-state index contributed by atoms with van der Waals surface area (Å²) in [5.41, 5.74) is 0.0367. The van der Waals surface area contributed by atoms with Crippen LogP contribution >= 0.6 is 23.1 Å². The Morgan fingerprint density at radius 3 is 2.90 bits per heavy atom. The van der Waals surface area contributed by atoms with Crippen LogP contribution in [-0.4, -0.2) is 33.9 Å². The molecule has 4 aromatic heterocycles. The van der Waals surface area contributed by atoms with Crippen molar-refractivity contribution in [1.82, 2.24) is 33.9 Å². The maximum Gasteiger partial charge on any atom is 0.330 e. The molecule has 0 saturated heterocycles. The molecule has 0 saturated carbocycles. The molecule has 4 heterocycles. The van der Waals surface area contributed by atoms with E-state index in [1.165, 1.54) is 16.6 Å². The maximum atomic E-state index is 12.4. The van der Waals surface area contributed by atoms with E-state index in [1.807, 2.05) is 4.57 Å². The van der Waals surface area contributed by atoms with E-state index in [-0.39, 0.29) is 0 Å². The first-order valence-corrected chi connectivity index (χ1v) is 11.7. The number of hydrogen-bond donors (Lipinski definition) is 1. The number of H-pyrrole nitrogens is 1. The van der Waals surface area contributed by atoms with Crippen LogP contribution in [0.5, 0.6) is 0 Å². The van der Waals surface area contributed by atoms with Gasteiger partial charge in [-0.25, -0.2) is 9.78 Å². The monoisotopic (exact) mass is 445 g/mol. The van der Waals surface area contributed by atoms with Crippen LogP contribution in [0.3, 0.4) is 0 Å². The van der Waals surface area contributed by atoms with Crippen LogP contribution in [0.25, 0.3) is 11.2 Å². The summed E-state index contributed by atoms with van der Waals surface area (Å²) in [5.74, 6) is 1.23. The van der Waals surface area contributed by atoms with Crippen molar-refractivity contribution in [1.29, 1.82) is 0 Å². The van der Waals surface area contributed by atoms with Crippen molar-refractivity contribution in [3.8, 4) is 0 Å². The molecule has 0 aliphatic carbocycles. The third-order valence-electron chi connectivity index (χ3n) is 4.93. The molecule has 158 valence electrons. The summed E-state index contributed by atoms with van der Waals surface area (Å²) in [5, 5.41) is 11.1. The lowest BCUT2D eigenvalue weighted by Gasteiger charge is -2.05. The van der Waals surface area contributed by atoms with Gasteiger partial charge < -0.3 is 9.13 Å². The molecule has 0 spiro atoms. The highest BCUT2D eigenvalue weighted by Gasteiger charge is 2.17. The number of hydrogen-bond acceptors (Lipinski definition) is 7. The van der Waals surface area contributed by atoms with Crippen LogP contribution in [0.4, 0.5) is 0 Å². The maximum absolute atomic E-state index is 12.4. The minimum absolute atomic E-state index is 0.409. The quantitative estimate of drug-likeness (QED) is 0.397. The summed E-state index contributed by atoms with van der Waals surface area (Å²) in [4.78, 5) is 33.0. The van der Waals surface area contributed by atoms with Crippen LogP contribution in [-0.2, 0) is 32.3 Å². The molecule has 0 aromatic carbocycles. The Morgan fingerprint density at radius 2 is 2.13 bits per heavy atom. The number of aryl methyl sites for hydroxylation is 4. The van der Waals surface area contributed by atoms with Crippen LogP contribution in [0.1, 0.15) is 30.5 Å². The smallest absolute Gasteiger partial charge is 0.325 e. The van der Waals surface area contributed by atoms with E-state index in [0.717, 1.165) is 31.0 Å². The molecule has 0 aliphatic rings. The molecule has 1 N–H and O–H groups in total. The molecule has 0 unspecified atom stereocenters. The molecule has 0 amide bonds. The number of rotatable bonds is 9. The van der Waals surface area contributed by atoms with Gasteiger partial charge in [-0.15, -0.1) is 21.5 Å². The predicted octanol–water partition coefficient (Wildman–Crippen LogP) is 2.41. The molecule has 0 atom stereocenters. The number of aromatic nitrogens is 7. The number of unbranched alkanes of at least 4 members (excludes halogenated alkanes) is 1. The fraction of sp³-hybridized carbons (Fsp3) is 0.421. The van der Waals surface area contributed by atoms with Gasteiger partial charge in [-0.1, -0.05) is 31.2 Å². The third kappa shape index (κ3) is 4.12. The Morgan fingerprint density at radius 1 is 1.27 bits per heavy atom. The van der Waals surface area contributed by atoms with Crippen molar-refractivity contribution >= 4 is 34.3 Å². The summed E-state index contributed by atoms with van der Waals surface area (Å²) in [7, 11) is 1.80. The largest absolute Gasteiger partial charge is 0.330 e. The Bertz CT molecular complexity index is 1250. The second-order valence-corrected chi connectivity index (χ2v) is 8.92. The van der Waals surface area contributed by atoms with Crippen LogP contribution in [0.15, 0.2) is 38.6 Å². The number of nitrogens with one attached hydrogen (secondary N) is 1. The molecular formula is C19H23N7O2S2. The number of nitrogens with zero attached hydrogens (tertiary/aromatic N) is 6. The minimum Gasteiger partial charge on any atom is -0.325 e. The van der Waals surface area contributed by atoms with E-state index in [1.54, 1.807) is 33.8 Å². The summed E-state index contributed by atoms with van der Waals surface area (Å²) >= 11 is 3.26. The number of fused-ring (bicyclic) bond motifs is 1. The van der Waals surface area contributed by atoms with Gasteiger partial charge in [0.15, 0.2) is 16.3 Å². The van der Waals surface area contributed by atoms with E-state index in [0.29, 0.717) is 29.3 Å². The molecule has 0 bridgehead atoms. The zero-order valence-electron chi connectivity index (χ0n) is 16.9. The van der Waals surface area contributed by atoms with Crippen molar-refractivity contribution in [3.05, 3.63) is 55.4 Å². The molecule has 4 rings (SSSR count). The van der Waals surface area contributed by atoms with Gasteiger partial charge in [0.25, 0.3) is 5.56 Å². The average Bonchev–Trinajstić information content (AvgIpc) is 3.45. The van der Waals surface area contributed by atoms with Crippen molar-refractivity contribution < 1.29 is 0 Å². The van der Waals surface area contributed by atoms with Crippen LogP contribution in [0.2, 0.25) is 0 Å². The lowest BCUT2D eigenvalue weighted by Crippen LogP contribution is -2.31. The molecular weight excluding hydrogens is 422 g/mol. The van der Waals surface area contributed by atoms with Gasteiger partial charge in [0, 0.05) is 25.0 Å². The van der Waals surface area contributed by atoms with Gasteiger partial charge in [0.05, 0.1) is 5.75 Å². The summed E-state index contributed by atoms with van der Waals surface area (Å²) < 4.78 is 5.34. The second kappa shape index (κ2) is 9.00. The van der Waals surface area contributed by atoms with Gasteiger partial charge >= 0.3 is 5.69 Å². The lowest BCUT2D eigenvalue weighted by atomic mass is 10.3. The van der Waals surface area contributed by atoms with Gasteiger partial charge in [0.1, 0.15) is 12.2 Å². The Kier molecular flexibility index (Phi) is 6.18. The number of imidazole rings is 1. The van der Waals surface area contributed by atoms with Gasteiger partial charge in [-0.3, -0.25) is 14.3 Å². The minimum atomic E-state index is -0.411. The zero-order valence-corrected chi connectivity index (χ0v) is 18.5. The van der Waals surface area contributed by atoms with Crippen molar-refractivity contribution in [2.75, 3.05) is 0 Å². The van der Waals surface area contributed by atoms with E-state index < -0.39 is 11.2 Å². The van der Waals surface area contributed by atoms with Crippen LogP contribution < -0.4 is 11.2 Å². The first-order chi connectivity index (χ1) is 14.6. The second-order valence-electron chi connectivity index (χ2n) is 6.95. The molecule has 0 fully saturated rings. The fourth-order valence-electron chi connectivity index (χ4n) is 3.27. The Balaban J connectivity index is 1.56. The van der Waals surface area contributed by atoms with E-state index in [9.17, 15) is 9.59 Å². The van der Waals surface area contributed by atoms with E-state index in [4.69, 9.17) is 0 Å². The van der Waals surface area contributed by atoms with E-state index >= 15 is 0 Å². The SMILES string of the molecule is CCCCn1c(=O)[nH]c(=O)c2c1nc(CSc1nncn1CCc1cccs1)n2C. The molecule has 11 heteroatoms. The first kappa shape index (κ1) is 20.6. The lowest BCUT2D eigenvalue weighted by molar-refractivity contribution is 0.613. The normalized spacial score (nSPS) is 11.5. The van der Waals surface area contributed by atoms with E-state index in [2.05, 4.69) is 44.6 Å². The molecule has 0 radical (unpaired) electrons. The molecule has 0 aliphatic heterocycles. The van der Waals surface area contributed by atoms with Crippen molar-refractivity contribution in [3.63, 3.8) is 0 Å². The Hall–Kier alpha value is -2.66. The zero-order chi connectivity index (χ0) is 21.1. The van der Waals surface area contributed by atoms with Gasteiger partial charge in [-0.2, -0.15) is 0 Å². The highest BCUT2D eigenvalue weighted by Crippen LogP contribution is 2.22. The van der Waals surface area contributed by atoms with Crippen LogP contribution in [0, 0.1) is 0 Å². The first-order valence-electron chi connectivity index (χ1n) is 9.80. The number of aromatic amines is 1. The number of thiophene rings is 1. The highest BCUT2D eigenvalue weighted by molar-refractivity contribution is 7.98. The van der Waals surface area contributed by atoms with Gasteiger partial charge in [0.2, 0.25) is 0 Å². The summed E-state index contributed by atoms with van der Waals surface area (Å²) in [6.07, 6.45) is 4.45. The molecule has 9 nitrogen and oxygen atoms in total. The fourth-order valence-corrected chi connectivity index (χ4v) is 4.89. The predicted molar refractivity (Wildman–Crippen MR) is 118 cm³/mol. The third-order valence-corrected chi connectivity index (χ3v) is 6.84. The molecule has 30 heavy (non-hydrogen) atoms. The summed E-state index contributed by atoms with van der Waals surface area (Å²) in [6, 6.07) is 4.17. The van der Waals surface area contributed by atoms with Crippen molar-refractivity contribution in [2.24, 2.45) is 7.05 Å². The summed E-state index contributed by atoms with van der Waals surface area (Å²) in [6.45, 7) is 3.39. The number of thioether (sulfide) groups is 1. The van der Waals surface area contributed by atoms with Gasteiger partial charge in [-0.05, 0) is 24.3 Å². The standard InChI is InChI=1S/C19H23N7O2S2/c1-3-4-8-26-16-15(17(27)22-18(26)28)24(2)14(21-16)11-30-19-23-20-12-25(19)9-7-13-6-5-10-29-13/h5-6,10,12H,3-4,7-9,11H2,1-2H3,(H,22,27,28). The van der Waals surface area contributed by atoms with Crippen molar-refractivity contribution in [2.45, 2.75) is 50.2 Å². The molecule has 4 aromatic rings. The topological polar surface area (TPSA) is 103 Å². The Labute approximate surface area is 180 Å².